The molecule has 1 aromatic heterocycles. The van der Waals surface area contributed by atoms with Crippen molar-refractivity contribution in [2.45, 2.75) is 36.0 Å². The summed E-state index contributed by atoms with van der Waals surface area (Å²) in [4.78, 5) is 56.8. The average Bonchev–Trinajstić information content (AvgIpc) is 3.57. The molecule has 41 heavy (non-hydrogen) atoms. The zero-order chi connectivity index (χ0) is 29.1. The van der Waals surface area contributed by atoms with Gasteiger partial charge in [0.2, 0.25) is 11.8 Å². The van der Waals surface area contributed by atoms with E-state index in [0.29, 0.717) is 33.3 Å². The van der Waals surface area contributed by atoms with Gasteiger partial charge in [0.25, 0.3) is 0 Å². The molecule has 0 radical (unpaired) electrons. The van der Waals surface area contributed by atoms with E-state index < -0.39 is 29.5 Å². The number of Topliss-reactive ketones (excluding diaryl/α,β-unsaturated/α-hetero) is 1. The van der Waals surface area contributed by atoms with E-state index in [2.05, 4.69) is 11.1 Å². The molecule has 1 atom stereocenters. The fourth-order valence-corrected chi connectivity index (χ4v) is 5.88. The Hall–Kier alpha value is -4.69. The lowest BCUT2D eigenvalue weighted by Crippen LogP contribution is -2.31. The number of nitrogens with zero attached hydrogens (tertiary/aromatic N) is 3. The first-order valence-electron chi connectivity index (χ1n) is 12.8. The van der Waals surface area contributed by atoms with Gasteiger partial charge in [-0.1, -0.05) is 11.8 Å². The maximum absolute atomic E-state index is 13.2. The van der Waals surface area contributed by atoms with Gasteiger partial charge >= 0.3 is 5.97 Å². The van der Waals surface area contributed by atoms with Crippen molar-refractivity contribution in [1.29, 1.82) is 5.26 Å². The number of anilines is 1. The number of benzene rings is 2. The van der Waals surface area contributed by atoms with E-state index in [-0.39, 0.29) is 17.9 Å². The fraction of sp³-hybridized carbons (Fsp3) is 0.267. The van der Waals surface area contributed by atoms with Crippen LogP contribution in [-0.2, 0) is 27.2 Å². The van der Waals surface area contributed by atoms with E-state index >= 15 is 0 Å². The number of pyridine rings is 1. The van der Waals surface area contributed by atoms with Crippen molar-refractivity contribution in [1.82, 2.24) is 4.98 Å². The van der Waals surface area contributed by atoms with E-state index in [0.717, 1.165) is 47.2 Å². The third kappa shape index (κ3) is 5.64. The van der Waals surface area contributed by atoms with Crippen LogP contribution in [0.4, 0.5) is 5.69 Å². The first-order valence-corrected chi connectivity index (χ1v) is 13.7. The molecule has 0 N–H and O–H groups in total. The van der Waals surface area contributed by atoms with Gasteiger partial charge in [0.1, 0.15) is 11.1 Å². The molecule has 1 unspecified atom stereocenters. The first-order chi connectivity index (χ1) is 19.8. The molecular formula is C30H25N3O7S. The topological polar surface area (TPSA) is 136 Å². The van der Waals surface area contributed by atoms with Gasteiger partial charge < -0.3 is 14.2 Å². The summed E-state index contributed by atoms with van der Waals surface area (Å²) in [6, 6.07) is 14.4. The summed E-state index contributed by atoms with van der Waals surface area (Å²) in [5, 5.41) is 9.32. The summed E-state index contributed by atoms with van der Waals surface area (Å²) in [5.41, 5.74) is 3.16. The van der Waals surface area contributed by atoms with E-state index in [1.807, 2.05) is 6.07 Å². The number of imide groups is 1. The number of amides is 2. The molecular weight excluding hydrogens is 546 g/mol. The average molecular weight is 572 g/mol. The standard InChI is InChI=1S/C30H25N3O7S/c1-38-24-11-8-19(13-25(24)39-2)23(34)16-40-30(37)17-6-9-21(10-7-17)33-27(35)14-26(29(33)36)41-28-20(15-31)12-18-4-3-5-22(18)32-28/h6-13,26H,3-5,14,16H2,1-2H3. The van der Waals surface area contributed by atoms with Gasteiger partial charge in [-0.15, -0.1) is 0 Å². The molecule has 2 aromatic carbocycles. The molecule has 1 aliphatic carbocycles. The highest BCUT2D eigenvalue weighted by Crippen LogP contribution is 2.36. The van der Waals surface area contributed by atoms with Crippen LogP contribution >= 0.6 is 11.8 Å². The van der Waals surface area contributed by atoms with Crippen LogP contribution in [0.15, 0.2) is 53.6 Å². The monoisotopic (exact) mass is 571 g/mol. The fourth-order valence-electron chi connectivity index (χ4n) is 4.78. The lowest BCUT2D eigenvalue weighted by molar-refractivity contribution is -0.121. The van der Waals surface area contributed by atoms with Crippen LogP contribution in [0.1, 0.15) is 50.4 Å². The number of thioether (sulfide) groups is 1. The third-order valence-corrected chi connectivity index (χ3v) is 8.08. The maximum Gasteiger partial charge on any atom is 0.338 e. The Kier molecular flexibility index (Phi) is 8.03. The second-order valence-corrected chi connectivity index (χ2v) is 10.6. The van der Waals surface area contributed by atoms with Crippen LogP contribution in [0, 0.1) is 11.3 Å². The minimum absolute atomic E-state index is 0.0326. The Morgan fingerprint density at radius 3 is 2.46 bits per heavy atom. The number of rotatable bonds is 9. The molecule has 0 bridgehead atoms. The number of methoxy groups -OCH3 is 2. The Labute approximate surface area is 240 Å². The van der Waals surface area contributed by atoms with Gasteiger partial charge in [0.15, 0.2) is 23.9 Å². The molecule has 5 rings (SSSR count). The summed E-state index contributed by atoms with van der Waals surface area (Å²) in [5.74, 6) is -1.12. The van der Waals surface area contributed by atoms with E-state index in [1.165, 1.54) is 44.6 Å². The lowest BCUT2D eigenvalue weighted by atomic mass is 10.1. The van der Waals surface area contributed by atoms with Crippen molar-refractivity contribution in [2.75, 3.05) is 25.7 Å². The number of aryl methyl sites for hydroxylation is 2. The Bertz CT molecular complexity index is 1600. The van der Waals surface area contributed by atoms with Gasteiger partial charge in [0, 0.05) is 17.7 Å². The van der Waals surface area contributed by atoms with Gasteiger partial charge in [-0.25, -0.2) is 14.7 Å². The second kappa shape index (κ2) is 11.8. The summed E-state index contributed by atoms with van der Waals surface area (Å²) in [6.07, 6.45) is 2.66. The van der Waals surface area contributed by atoms with Crippen LogP contribution in [0.5, 0.6) is 11.5 Å². The van der Waals surface area contributed by atoms with Crippen molar-refractivity contribution >= 4 is 41.0 Å². The maximum atomic E-state index is 13.2. The van der Waals surface area contributed by atoms with Crippen LogP contribution < -0.4 is 14.4 Å². The molecule has 208 valence electrons. The molecule has 11 heteroatoms. The smallest absolute Gasteiger partial charge is 0.338 e. The SMILES string of the molecule is COc1ccc(C(=O)COC(=O)c2ccc(N3C(=O)CC(Sc4nc5c(cc4C#N)CCC5)C3=O)cc2)cc1OC. The predicted octanol–water partition coefficient (Wildman–Crippen LogP) is 3.92. The van der Waals surface area contributed by atoms with Crippen LogP contribution in [0.3, 0.4) is 0 Å². The van der Waals surface area contributed by atoms with E-state index in [1.54, 1.807) is 12.1 Å². The molecule has 0 spiro atoms. The molecule has 2 aliphatic rings. The number of aromatic nitrogens is 1. The zero-order valence-electron chi connectivity index (χ0n) is 22.3. The summed E-state index contributed by atoms with van der Waals surface area (Å²) in [6.45, 7) is -0.487. The van der Waals surface area contributed by atoms with Crippen molar-refractivity contribution in [3.63, 3.8) is 0 Å². The molecule has 10 nitrogen and oxygen atoms in total. The molecule has 2 heterocycles. The van der Waals surface area contributed by atoms with Crippen LogP contribution in [-0.4, -0.2) is 54.6 Å². The van der Waals surface area contributed by atoms with Gasteiger partial charge in [-0.3, -0.25) is 14.4 Å². The largest absolute Gasteiger partial charge is 0.493 e. The summed E-state index contributed by atoms with van der Waals surface area (Å²) < 4.78 is 15.5. The third-order valence-electron chi connectivity index (χ3n) is 6.90. The summed E-state index contributed by atoms with van der Waals surface area (Å²) in [7, 11) is 2.94. The number of hydrogen-bond acceptors (Lipinski definition) is 10. The Morgan fingerprint density at radius 2 is 1.76 bits per heavy atom. The number of ether oxygens (including phenoxy) is 3. The van der Waals surface area contributed by atoms with Crippen molar-refractivity contribution in [2.24, 2.45) is 0 Å². The molecule has 3 aromatic rings. The van der Waals surface area contributed by atoms with Crippen LogP contribution in [0.25, 0.3) is 0 Å². The molecule has 1 saturated heterocycles. The molecule has 2 amide bonds. The molecule has 1 aliphatic heterocycles. The van der Waals surface area contributed by atoms with Gasteiger partial charge in [0.05, 0.1) is 36.3 Å². The Morgan fingerprint density at radius 1 is 1.02 bits per heavy atom. The lowest BCUT2D eigenvalue weighted by Gasteiger charge is -2.15. The normalized spacial score (nSPS) is 15.8. The predicted molar refractivity (Wildman–Crippen MR) is 148 cm³/mol. The highest BCUT2D eigenvalue weighted by atomic mass is 32.2. The number of carbonyl (C=O) groups is 4. The number of hydrogen-bond donors (Lipinski definition) is 0. The number of ketones is 1. The van der Waals surface area contributed by atoms with Crippen molar-refractivity contribution in [3.8, 4) is 17.6 Å². The first kappa shape index (κ1) is 27.9. The molecule has 1 fully saturated rings. The van der Waals surface area contributed by atoms with E-state index in [9.17, 15) is 24.4 Å². The van der Waals surface area contributed by atoms with Crippen molar-refractivity contribution in [3.05, 3.63) is 76.5 Å². The zero-order valence-corrected chi connectivity index (χ0v) is 23.2. The van der Waals surface area contributed by atoms with Gasteiger partial charge in [-0.2, -0.15) is 5.26 Å². The van der Waals surface area contributed by atoms with Crippen LogP contribution in [0.2, 0.25) is 0 Å². The number of nitriles is 1. The Balaban J connectivity index is 1.22. The quantitative estimate of drug-likeness (QED) is 0.211. The highest BCUT2D eigenvalue weighted by molar-refractivity contribution is 8.00. The van der Waals surface area contributed by atoms with Crippen molar-refractivity contribution < 1.29 is 33.4 Å². The highest BCUT2D eigenvalue weighted by Gasteiger charge is 2.41. The minimum atomic E-state index is -0.732. The minimum Gasteiger partial charge on any atom is -0.493 e. The van der Waals surface area contributed by atoms with Gasteiger partial charge in [-0.05, 0) is 73.4 Å². The number of fused-ring (bicyclic) bond motifs is 1. The molecule has 0 saturated carbocycles. The summed E-state index contributed by atoms with van der Waals surface area (Å²) >= 11 is 1.13. The number of esters is 1. The second-order valence-electron chi connectivity index (χ2n) is 9.41. The number of carbonyl (C=O) groups excluding carboxylic acids is 4. The van der Waals surface area contributed by atoms with E-state index in [4.69, 9.17) is 14.2 Å².